The lowest BCUT2D eigenvalue weighted by Crippen LogP contribution is -2.46. The summed E-state index contributed by atoms with van der Waals surface area (Å²) in [6.07, 6.45) is 4.99. The van der Waals surface area contributed by atoms with E-state index in [9.17, 15) is 0 Å². The van der Waals surface area contributed by atoms with Crippen molar-refractivity contribution in [1.82, 2.24) is 24.8 Å². The number of imidazole rings is 1. The van der Waals surface area contributed by atoms with Crippen LogP contribution in [0.1, 0.15) is 34.9 Å². The quantitative estimate of drug-likeness (QED) is 0.543. The first kappa shape index (κ1) is 18.3. The van der Waals surface area contributed by atoms with Crippen LogP contribution in [0.4, 0.5) is 5.82 Å². The van der Waals surface area contributed by atoms with Gasteiger partial charge in [-0.25, -0.2) is 15.0 Å². The number of hydrogen-bond donors (Lipinski definition) is 1. The lowest BCUT2D eigenvalue weighted by molar-refractivity contribution is 0.244. The highest BCUT2D eigenvalue weighted by Crippen LogP contribution is 2.39. The smallest absolute Gasteiger partial charge is 0.141 e. The Labute approximate surface area is 180 Å². The molecule has 6 rings (SSSR count). The summed E-state index contributed by atoms with van der Waals surface area (Å²) < 4.78 is 0. The molecule has 1 saturated heterocycles. The second-order valence-corrected chi connectivity index (χ2v) is 9.53. The number of nitrogens with one attached hydrogen (secondary N) is 1. The molecule has 0 saturated carbocycles. The van der Waals surface area contributed by atoms with Crippen molar-refractivity contribution in [3.8, 4) is 0 Å². The molecule has 0 amide bonds. The summed E-state index contributed by atoms with van der Waals surface area (Å²) in [5, 5.41) is 1.34. The van der Waals surface area contributed by atoms with Crippen LogP contribution in [0, 0.1) is 6.92 Å². The number of aromatic amines is 1. The second kappa shape index (κ2) is 7.32. The van der Waals surface area contributed by atoms with Crippen LogP contribution in [-0.4, -0.2) is 51.0 Å². The molecule has 1 aromatic carbocycles. The molecule has 3 aromatic heterocycles. The Hall–Kier alpha value is -2.51. The van der Waals surface area contributed by atoms with E-state index in [1.54, 1.807) is 4.88 Å². The fourth-order valence-corrected chi connectivity index (χ4v) is 6.18. The van der Waals surface area contributed by atoms with Gasteiger partial charge in [-0.1, -0.05) is 12.1 Å². The fourth-order valence-electron chi connectivity index (χ4n) is 4.88. The van der Waals surface area contributed by atoms with Crippen molar-refractivity contribution < 1.29 is 0 Å². The van der Waals surface area contributed by atoms with E-state index in [1.807, 2.05) is 24.3 Å². The highest BCUT2D eigenvalue weighted by Gasteiger charge is 2.26. The Bertz CT molecular complexity index is 1180. The number of para-hydroxylation sites is 2. The van der Waals surface area contributed by atoms with Gasteiger partial charge in [-0.15, -0.1) is 11.3 Å². The number of aryl methyl sites for hydroxylation is 3. The van der Waals surface area contributed by atoms with Gasteiger partial charge in [-0.05, 0) is 50.3 Å². The maximum atomic E-state index is 4.93. The molecule has 1 fully saturated rings. The zero-order valence-corrected chi connectivity index (χ0v) is 18.1. The van der Waals surface area contributed by atoms with Gasteiger partial charge in [0.1, 0.15) is 22.3 Å². The average molecular weight is 419 g/mol. The van der Waals surface area contributed by atoms with Gasteiger partial charge in [-0.2, -0.15) is 0 Å². The van der Waals surface area contributed by atoms with Crippen LogP contribution in [-0.2, 0) is 19.4 Å². The Morgan fingerprint density at radius 3 is 2.70 bits per heavy atom. The number of rotatable bonds is 3. The first-order valence-corrected chi connectivity index (χ1v) is 11.8. The van der Waals surface area contributed by atoms with E-state index in [1.165, 1.54) is 47.3 Å². The molecule has 7 heteroatoms. The number of fused-ring (bicyclic) bond motifs is 4. The van der Waals surface area contributed by atoms with E-state index in [0.29, 0.717) is 0 Å². The van der Waals surface area contributed by atoms with Gasteiger partial charge >= 0.3 is 0 Å². The van der Waals surface area contributed by atoms with Crippen LogP contribution >= 0.6 is 11.3 Å². The van der Waals surface area contributed by atoms with Gasteiger partial charge in [0.25, 0.3) is 0 Å². The van der Waals surface area contributed by atoms with Gasteiger partial charge in [-0.3, -0.25) is 4.90 Å². The molecule has 4 heterocycles. The normalized spacial score (nSPS) is 17.7. The van der Waals surface area contributed by atoms with Crippen LogP contribution in [0.2, 0.25) is 0 Å². The minimum absolute atomic E-state index is 0.870. The first-order chi connectivity index (χ1) is 14.7. The van der Waals surface area contributed by atoms with Crippen molar-refractivity contribution in [3.63, 3.8) is 0 Å². The molecule has 0 bridgehead atoms. The van der Waals surface area contributed by atoms with Gasteiger partial charge in [0.15, 0.2) is 0 Å². The largest absolute Gasteiger partial charge is 0.353 e. The number of thiophene rings is 1. The molecule has 0 radical (unpaired) electrons. The zero-order chi connectivity index (χ0) is 20.1. The average Bonchev–Trinajstić information content (AvgIpc) is 3.34. The summed E-state index contributed by atoms with van der Waals surface area (Å²) in [5.74, 6) is 3.11. The zero-order valence-electron chi connectivity index (χ0n) is 17.3. The van der Waals surface area contributed by atoms with Crippen LogP contribution < -0.4 is 4.90 Å². The molecule has 0 spiro atoms. The van der Waals surface area contributed by atoms with Crippen molar-refractivity contribution in [1.29, 1.82) is 0 Å². The Morgan fingerprint density at radius 1 is 1.00 bits per heavy atom. The molecule has 0 atom stereocenters. The van der Waals surface area contributed by atoms with Crippen molar-refractivity contribution in [2.45, 2.75) is 39.2 Å². The third kappa shape index (κ3) is 3.17. The van der Waals surface area contributed by atoms with E-state index in [2.05, 4.69) is 33.0 Å². The molecule has 1 N–H and O–H groups in total. The predicted molar refractivity (Wildman–Crippen MR) is 122 cm³/mol. The van der Waals surface area contributed by atoms with Crippen molar-refractivity contribution >= 4 is 38.4 Å². The molecule has 1 aliphatic carbocycles. The fraction of sp³-hybridized carbons (Fsp3) is 0.435. The van der Waals surface area contributed by atoms with E-state index in [0.717, 1.165) is 55.4 Å². The van der Waals surface area contributed by atoms with Crippen LogP contribution in [0.5, 0.6) is 0 Å². The van der Waals surface area contributed by atoms with E-state index in [-0.39, 0.29) is 0 Å². The summed E-state index contributed by atoms with van der Waals surface area (Å²) in [4.78, 5) is 25.6. The number of anilines is 1. The number of piperazine rings is 1. The highest BCUT2D eigenvalue weighted by molar-refractivity contribution is 7.19. The van der Waals surface area contributed by atoms with E-state index < -0.39 is 0 Å². The number of H-pyrrole nitrogens is 1. The number of aromatic nitrogens is 4. The van der Waals surface area contributed by atoms with Crippen LogP contribution in [0.15, 0.2) is 24.3 Å². The molecule has 6 nitrogen and oxygen atoms in total. The van der Waals surface area contributed by atoms with Gasteiger partial charge in [0.05, 0.1) is 23.0 Å². The van der Waals surface area contributed by atoms with E-state index in [4.69, 9.17) is 15.0 Å². The third-order valence-corrected chi connectivity index (χ3v) is 7.58. The molecule has 1 aliphatic heterocycles. The maximum absolute atomic E-state index is 4.93. The Morgan fingerprint density at radius 2 is 1.83 bits per heavy atom. The van der Waals surface area contributed by atoms with E-state index >= 15 is 0 Å². The molecule has 0 unspecified atom stereocenters. The summed E-state index contributed by atoms with van der Waals surface area (Å²) in [5.41, 5.74) is 3.69. The topological polar surface area (TPSA) is 60.9 Å². The Kier molecular flexibility index (Phi) is 4.46. The lowest BCUT2D eigenvalue weighted by atomic mass is 9.97. The standard InChI is InChI=1S/C23H26N6S/c1-15-24-22(21-16-6-2-5-9-19(16)30-23(21)25-15)29-12-10-28(11-13-29)14-20-26-17-7-3-4-8-18(17)27-20/h3-4,7-8H,2,5-6,9-14H2,1H3,(H,26,27). The molecular formula is C23H26N6S. The molecule has 30 heavy (non-hydrogen) atoms. The summed E-state index contributed by atoms with van der Waals surface area (Å²) in [6.45, 7) is 6.93. The summed E-state index contributed by atoms with van der Waals surface area (Å²) in [6, 6.07) is 8.25. The van der Waals surface area contributed by atoms with Gasteiger partial charge in [0.2, 0.25) is 0 Å². The minimum Gasteiger partial charge on any atom is -0.353 e. The van der Waals surface area contributed by atoms with Gasteiger partial charge < -0.3 is 9.88 Å². The second-order valence-electron chi connectivity index (χ2n) is 8.45. The molecule has 2 aliphatic rings. The lowest BCUT2D eigenvalue weighted by Gasteiger charge is -2.35. The monoisotopic (exact) mass is 418 g/mol. The summed E-state index contributed by atoms with van der Waals surface area (Å²) in [7, 11) is 0. The Balaban J connectivity index is 1.23. The highest BCUT2D eigenvalue weighted by atomic mass is 32.1. The molecule has 4 aromatic rings. The number of benzene rings is 1. The third-order valence-electron chi connectivity index (χ3n) is 6.39. The van der Waals surface area contributed by atoms with Crippen molar-refractivity contribution in [2.75, 3.05) is 31.1 Å². The molecular weight excluding hydrogens is 392 g/mol. The SMILES string of the molecule is Cc1nc(N2CCN(Cc3nc4ccccc4[nH]3)CC2)c2c3c(sc2n1)CCCC3. The van der Waals surface area contributed by atoms with Crippen molar-refractivity contribution in [2.24, 2.45) is 0 Å². The van der Waals surface area contributed by atoms with Crippen molar-refractivity contribution in [3.05, 3.63) is 46.4 Å². The number of nitrogens with zero attached hydrogens (tertiary/aromatic N) is 5. The predicted octanol–water partition coefficient (Wildman–Crippen LogP) is 4.08. The molecule has 154 valence electrons. The van der Waals surface area contributed by atoms with Gasteiger partial charge in [0, 0.05) is 31.1 Å². The number of hydrogen-bond acceptors (Lipinski definition) is 6. The van der Waals surface area contributed by atoms with Crippen LogP contribution in [0.25, 0.3) is 21.3 Å². The summed E-state index contributed by atoms with van der Waals surface area (Å²) >= 11 is 1.90. The first-order valence-electron chi connectivity index (χ1n) is 10.9. The maximum Gasteiger partial charge on any atom is 0.141 e. The van der Waals surface area contributed by atoms with Crippen LogP contribution in [0.3, 0.4) is 0 Å². The minimum atomic E-state index is 0.870.